The van der Waals surface area contributed by atoms with Gasteiger partial charge in [-0.05, 0) is 36.9 Å². The zero-order chi connectivity index (χ0) is 16.9. The molecule has 1 aliphatic heterocycles. The van der Waals surface area contributed by atoms with E-state index in [9.17, 15) is 14.7 Å². The minimum atomic E-state index is -1.99. The Morgan fingerprint density at radius 3 is 2.65 bits per heavy atom. The molecule has 0 aliphatic carbocycles. The molecule has 1 fully saturated rings. The number of hydrogen-bond donors (Lipinski definition) is 1. The molecule has 0 aromatic heterocycles. The predicted molar refractivity (Wildman–Crippen MR) is 94.9 cm³/mol. The Morgan fingerprint density at radius 1 is 1.35 bits per heavy atom. The zero-order valence-corrected chi connectivity index (χ0v) is 15.3. The van der Waals surface area contributed by atoms with Gasteiger partial charge in [0.15, 0.2) is 0 Å². The van der Waals surface area contributed by atoms with Crippen molar-refractivity contribution in [3.8, 4) is 0 Å². The number of hydrogen-bond acceptors (Lipinski definition) is 5. The van der Waals surface area contributed by atoms with Crippen LogP contribution in [0.2, 0.25) is 12.6 Å². The van der Waals surface area contributed by atoms with Crippen LogP contribution in [0.25, 0.3) is 0 Å². The number of thioether (sulfide) groups is 1. The number of rotatable bonds is 8. The molecule has 1 aliphatic rings. The van der Waals surface area contributed by atoms with Gasteiger partial charge in [-0.15, -0.1) is 11.8 Å². The number of carbonyl (C=O) groups excluding carboxylic acids is 2. The van der Waals surface area contributed by atoms with Gasteiger partial charge in [0, 0.05) is 13.5 Å². The van der Waals surface area contributed by atoms with Gasteiger partial charge >= 0.3 is 0 Å². The molecule has 1 aromatic rings. The van der Waals surface area contributed by atoms with E-state index < -0.39 is 8.32 Å². The van der Waals surface area contributed by atoms with Crippen molar-refractivity contribution in [3.63, 3.8) is 0 Å². The van der Waals surface area contributed by atoms with E-state index in [1.165, 1.54) is 16.7 Å². The summed E-state index contributed by atoms with van der Waals surface area (Å²) in [5, 5.41) is 9.06. The third-order valence-electron chi connectivity index (χ3n) is 4.12. The van der Waals surface area contributed by atoms with Crippen LogP contribution < -0.4 is 4.90 Å². The van der Waals surface area contributed by atoms with Crippen LogP contribution in [0.1, 0.15) is 12.8 Å². The molecule has 2 atom stereocenters. The van der Waals surface area contributed by atoms with Gasteiger partial charge in [-0.1, -0.05) is 18.2 Å². The second kappa shape index (κ2) is 8.10. The molecule has 2 rings (SSSR count). The summed E-state index contributed by atoms with van der Waals surface area (Å²) in [6.07, 6.45) is 1.25. The summed E-state index contributed by atoms with van der Waals surface area (Å²) < 4.78 is 5.42. The van der Waals surface area contributed by atoms with Crippen molar-refractivity contribution in [2.75, 3.05) is 24.0 Å². The molecule has 5 nitrogen and oxygen atoms in total. The number of aliphatic hydroxyl groups is 1. The van der Waals surface area contributed by atoms with E-state index in [1.54, 1.807) is 19.2 Å². The number of carbonyl (C=O) groups is 2. The van der Waals surface area contributed by atoms with Crippen LogP contribution in [0.15, 0.2) is 30.3 Å². The van der Waals surface area contributed by atoms with Crippen molar-refractivity contribution in [2.45, 2.75) is 30.7 Å². The van der Waals surface area contributed by atoms with Gasteiger partial charge in [-0.25, -0.2) is 4.90 Å². The SMILES string of the molecule is CO[Si](C)(CO)CCCSC1CC(=O)N(c2ccccc2)C1=O. The third kappa shape index (κ3) is 4.44. The molecule has 23 heavy (non-hydrogen) atoms. The number of nitrogens with zero attached hydrogens (tertiary/aromatic N) is 1. The fraction of sp³-hybridized carbons (Fsp3) is 0.500. The van der Waals surface area contributed by atoms with Crippen molar-refractivity contribution < 1.29 is 19.1 Å². The Hall–Kier alpha value is -1.15. The number of aliphatic hydroxyl groups excluding tert-OH is 1. The van der Waals surface area contributed by atoms with Gasteiger partial charge in [0.05, 0.1) is 17.2 Å². The van der Waals surface area contributed by atoms with Crippen LogP contribution in [-0.4, -0.2) is 49.6 Å². The first-order chi connectivity index (χ1) is 11.0. The lowest BCUT2D eigenvalue weighted by Gasteiger charge is -2.22. The highest BCUT2D eigenvalue weighted by molar-refractivity contribution is 8.00. The first-order valence-corrected chi connectivity index (χ1v) is 11.6. The minimum Gasteiger partial charge on any atom is -0.418 e. The summed E-state index contributed by atoms with van der Waals surface area (Å²) in [6.45, 7) is 2.00. The van der Waals surface area contributed by atoms with Crippen LogP contribution in [0.3, 0.4) is 0 Å². The van der Waals surface area contributed by atoms with Gasteiger partial charge in [0.2, 0.25) is 20.1 Å². The molecule has 1 aromatic carbocycles. The topological polar surface area (TPSA) is 66.8 Å². The predicted octanol–water partition coefficient (Wildman–Crippen LogP) is 2.20. The van der Waals surface area contributed by atoms with Crippen LogP contribution in [0.4, 0.5) is 5.69 Å². The second-order valence-corrected chi connectivity index (χ2v) is 11.3. The summed E-state index contributed by atoms with van der Waals surface area (Å²) in [5.74, 6) is 0.531. The summed E-state index contributed by atoms with van der Waals surface area (Å²) in [6, 6.07) is 9.91. The summed E-state index contributed by atoms with van der Waals surface area (Å²) in [4.78, 5) is 25.9. The Kier molecular flexibility index (Phi) is 6.40. The van der Waals surface area contributed by atoms with E-state index in [0.717, 1.165) is 18.2 Å². The minimum absolute atomic E-state index is 0.108. The molecular weight excluding hydrogens is 330 g/mol. The maximum absolute atomic E-state index is 12.4. The molecule has 1 heterocycles. The molecule has 0 saturated carbocycles. The highest BCUT2D eigenvalue weighted by atomic mass is 32.2. The van der Waals surface area contributed by atoms with E-state index in [2.05, 4.69) is 0 Å². The van der Waals surface area contributed by atoms with E-state index in [1.807, 2.05) is 24.7 Å². The normalized spacial score (nSPS) is 20.8. The molecule has 2 unspecified atom stereocenters. The third-order valence-corrected chi connectivity index (χ3v) is 8.48. The molecule has 0 spiro atoms. The van der Waals surface area contributed by atoms with Crippen LogP contribution in [0.5, 0.6) is 0 Å². The average Bonchev–Trinajstić information content (AvgIpc) is 2.86. The second-order valence-electron chi connectivity index (χ2n) is 5.88. The lowest BCUT2D eigenvalue weighted by molar-refractivity contribution is -0.121. The van der Waals surface area contributed by atoms with Crippen molar-refractivity contribution in [2.24, 2.45) is 0 Å². The smallest absolute Gasteiger partial charge is 0.247 e. The highest BCUT2D eigenvalue weighted by Gasteiger charge is 2.39. The number of para-hydroxylation sites is 1. The van der Waals surface area contributed by atoms with E-state index >= 15 is 0 Å². The molecule has 0 radical (unpaired) electrons. The summed E-state index contributed by atoms with van der Waals surface area (Å²) in [7, 11) is -0.346. The quantitative estimate of drug-likeness (QED) is 0.441. The Balaban J connectivity index is 1.86. The number of amides is 2. The van der Waals surface area contributed by atoms with Crippen molar-refractivity contribution in [3.05, 3.63) is 30.3 Å². The fourth-order valence-corrected chi connectivity index (χ4v) is 5.28. The van der Waals surface area contributed by atoms with Gasteiger partial charge in [-0.3, -0.25) is 9.59 Å². The van der Waals surface area contributed by atoms with Crippen molar-refractivity contribution in [1.82, 2.24) is 0 Å². The Bertz CT molecular complexity index is 550. The standard InChI is InChI=1S/C16H23NO4SSi/c1-21-23(2,12-18)10-6-9-22-14-11-15(19)17(16(14)20)13-7-4-3-5-8-13/h3-5,7-8,14,18H,6,9-12H2,1-2H3. The van der Waals surface area contributed by atoms with Gasteiger partial charge in [0.1, 0.15) is 0 Å². The van der Waals surface area contributed by atoms with Crippen LogP contribution in [-0.2, 0) is 14.0 Å². The van der Waals surface area contributed by atoms with Gasteiger partial charge in [0.25, 0.3) is 0 Å². The summed E-state index contributed by atoms with van der Waals surface area (Å²) in [5.41, 5.74) is 0.644. The molecule has 1 saturated heterocycles. The average molecular weight is 354 g/mol. The van der Waals surface area contributed by atoms with E-state index in [0.29, 0.717) is 5.69 Å². The summed E-state index contributed by atoms with van der Waals surface area (Å²) >= 11 is 1.53. The van der Waals surface area contributed by atoms with Crippen LogP contribution >= 0.6 is 11.8 Å². The highest BCUT2D eigenvalue weighted by Crippen LogP contribution is 2.30. The van der Waals surface area contributed by atoms with Crippen molar-refractivity contribution >= 4 is 37.6 Å². The van der Waals surface area contributed by atoms with E-state index in [4.69, 9.17) is 4.43 Å². The van der Waals surface area contributed by atoms with Crippen molar-refractivity contribution in [1.29, 1.82) is 0 Å². The van der Waals surface area contributed by atoms with E-state index in [-0.39, 0.29) is 29.7 Å². The number of benzene rings is 1. The first kappa shape index (κ1) is 18.2. The molecular formula is C16H23NO4SSi. The van der Waals surface area contributed by atoms with Crippen LogP contribution in [0, 0.1) is 0 Å². The lowest BCUT2D eigenvalue weighted by Crippen LogP contribution is -2.38. The zero-order valence-electron chi connectivity index (χ0n) is 13.5. The molecule has 7 heteroatoms. The molecule has 2 amide bonds. The fourth-order valence-electron chi connectivity index (χ4n) is 2.50. The molecule has 126 valence electrons. The molecule has 0 bridgehead atoms. The van der Waals surface area contributed by atoms with Gasteiger partial charge in [-0.2, -0.15) is 0 Å². The Morgan fingerprint density at radius 2 is 2.04 bits per heavy atom. The number of anilines is 1. The largest absolute Gasteiger partial charge is 0.418 e. The maximum atomic E-state index is 12.4. The first-order valence-electron chi connectivity index (χ1n) is 7.70. The lowest BCUT2D eigenvalue weighted by atomic mass is 10.3. The maximum Gasteiger partial charge on any atom is 0.247 e. The number of imide groups is 1. The Labute approximate surface area is 142 Å². The molecule has 1 N–H and O–H groups in total. The monoisotopic (exact) mass is 353 g/mol. The van der Waals surface area contributed by atoms with Gasteiger partial charge < -0.3 is 9.53 Å².